The molecule has 180 valence electrons. The summed E-state index contributed by atoms with van der Waals surface area (Å²) in [5.41, 5.74) is -0.0401. The first kappa shape index (κ1) is 24.6. The smallest absolute Gasteiger partial charge is 0.338 e. The van der Waals surface area contributed by atoms with Crippen molar-refractivity contribution >= 4 is 33.8 Å². The number of rotatable bonds is 6. The molecule has 1 aromatic carbocycles. The second-order valence-corrected chi connectivity index (χ2v) is 9.96. The third-order valence-corrected chi connectivity index (χ3v) is 7.56. The van der Waals surface area contributed by atoms with Gasteiger partial charge in [0, 0.05) is 39.1 Å². The fraction of sp³-hybridized carbons (Fsp3) is 0.524. The van der Waals surface area contributed by atoms with Crippen LogP contribution in [0.1, 0.15) is 43.0 Å². The van der Waals surface area contributed by atoms with Crippen LogP contribution in [0.15, 0.2) is 29.2 Å². The normalized spacial score (nSPS) is 17.4. The van der Waals surface area contributed by atoms with Crippen LogP contribution in [-0.4, -0.2) is 80.3 Å². The molecule has 3 rings (SSSR count). The lowest BCUT2D eigenvalue weighted by atomic mass is 10.2. The molecule has 0 spiro atoms. The summed E-state index contributed by atoms with van der Waals surface area (Å²) in [7, 11) is -3.87. The summed E-state index contributed by atoms with van der Waals surface area (Å²) < 4.78 is 32.0. The summed E-state index contributed by atoms with van der Waals surface area (Å²) >= 11 is 0. The van der Waals surface area contributed by atoms with Gasteiger partial charge in [0.1, 0.15) is 0 Å². The summed E-state index contributed by atoms with van der Waals surface area (Å²) in [6.07, 6.45) is 3.78. The number of ether oxygens (including phenoxy) is 1. The van der Waals surface area contributed by atoms with E-state index in [9.17, 15) is 27.6 Å². The molecule has 33 heavy (non-hydrogen) atoms. The van der Waals surface area contributed by atoms with Gasteiger partial charge in [-0.1, -0.05) is 18.9 Å². The standard InChI is InChI=1S/C21H28N4O7S/c1-15(26)24-9-11-25(12-10-24)33(30,31)18-8-4-5-16(13-18)20(28)32-14-19(27)23-21(29)22-17-6-2-3-7-17/h4-5,8,13,17H,2-3,6-7,9-12,14H2,1H3,(H2,22,23,27,29). The molecular weight excluding hydrogens is 452 g/mol. The van der Waals surface area contributed by atoms with Gasteiger partial charge in [0.25, 0.3) is 5.91 Å². The van der Waals surface area contributed by atoms with E-state index in [-0.39, 0.29) is 35.5 Å². The summed E-state index contributed by atoms with van der Waals surface area (Å²) in [4.78, 5) is 49.0. The van der Waals surface area contributed by atoms with Gasteiger partial charge in [-0.25, -0.2) is 18.0 Å². The molecule has 1 aliphatic carbocycles. The molecule has 0 bridgehead atoms. The van der Waals surface area contributed by atoms with Crippen LogP contribution in [-0.2, 0) is 24.3 Å². The van der Waals surface area contributed by atoms with E-state index in [1.165, 1.54) is 35.5 Å². The van der Waals surface area contributed by atoms with Gasteiger partial charge in [0.15, 0.2) is 6.61 Å². The SMILES string of the molecule is CC(=O)N1CCN(S(=O)(=O)c2cccc(C(=O)OCC(=O)NC(=O)NC3CCCC3)c2)CC1. The molecule has 12 heteroatoms. The number of imide groups is 1. The van der Waals surface area contributed by atoms with Crippen molar-refractivity contribution in [3.8, 4) is 0 Å². The molecule has 1 saturated heterocycles. The second-order valence-electron chi connectivity index (χ2n) is 8.02. The van der Waals surface area contributed by atoms with Crippen LogP contribution in [0.3, 0.4) is 0 Å². The molecule has 11 nitrogen and oxygen atoms in total. The molecule has 4 amide bonds. The third-order valence-electron chi connectivity index (χ3n) is 5.67. The molecule has 1 aliphatic heterocycles. The summed E-state index contributed by atoms with van der Waals surface area (Å²) in [6, 6.07) is 4.73. The number of sulfonamides is 1. The van der Waals surface area contributed by atoms with Crippen LogP contribution in [0.4, 0.5) is 4.79 Å². The number of amides is 4. The molecule has 0 unspecified atom stereocenters. The largest absolute Gasteiger partial charge is 0.452 e. The minimum Gasteiger partial charge on any atom is -0.452 e. The number of carbonyl (C=O) groups excluding carboxylic acids is 4. The van der Waals surface area contributed by atoms with Crippen molar-refractivity contribution in [3.63, 3.8) is 0 Å². The van der Waals surface area contributed by atoms with Crippen molar-refractivity contribution in [2.45, 2.75) is 43.5 Å². The second kappa shape index (κ2) is 10.8. The van der Waals surface area contributed by atoms with Crippen LogP contribution in [0.2, 0.25) is 0 Å². The highest BCUT2D eigenvalue weighted by Gasteiger charge is 2.30. The number of benzene rings is 1. The van der Waals surface area contributed by atoms with Crippen LogP contribution in [0.25, 0.3) is 0 Å². The molecule has 0 aromatic heterocycles. The zero-order valence-electron chi connectivity index (χ0n) is 18.4. The minimum atomic E-state index is -3.87. The maximum Gasteiger partial charge on any atom is 0.338 e. The molecule has 1 saturated carbocycles. The van der Waals surface area contributed by atoms with Crippen molar-refractivity contribution in [3.05, 3.63) is 29.8 Å². The number of hydrogen-bond acceptors (Lipinski definition) is 7. The van der Waals surface area contributed by atoms with Crippen LogP contribution in [0, 0.1) is 0 Å². The number of piperazine rings is 1. The van der Waals surface area contributed by atoms with Crippen molar-refractivity contribution in [1.82, 2.24) is 19.8 Å². The number of nitrogens with one attached hydrogen (secondary N) is 2. The molecule has 1 heterocycles. The highest BCUT2D eigenvalue weighted by atomic mass is 32.2. The first-order valence-corrected chi connectivity index (χ1v) is 12.2. The van der Waals surface area contributed by atoms with E-state index < -0.39 is 34.5 Å². The van der Waals surface area contributed by atoms with Crippen LogP contribution in [0.5, 0.6) is 0 Å². The van der Waals surface area contributed by atoms with E-state index in [1.54, 1.807) is 4.90 Å². The van der Waals surface area contributed by atoms with Crippen molar-refractivity contribution in [2.24, 2.45) is 0 Å². The summed E-state index contributed by atoms with van der Waals surface area (Å²) in [5.74, 6) is -1.79. The molecular formula is C21H28N4O7S. The molecule has 2 fully saturated rings. The van der Waals surface area contributed by atoms with Crippen molar-refractivity contribution < 1.29 is 32.3 Å². The quantitative estimate of drug-likeness (QED) is 0.564. The Labute approximate surface area is 192 Å². The van der Waals surface area contributed by atoms with Crippen LogP contribution >= 0.6 is 0 Å². The maximum atomic E-state index is 12.9. The van der Waals surface area contributed by atoms with Crippen molar-refractivity contribution in [2.75, 3.05) is 32.8 Å². The molecule has 1 aromatic rings. The number of carbonyl (C=O) groups is 4. The molecule has 2 N–H and O–H groups in total. The first-order valence-electron chi connectivity index (χ1n) is 10.8. The summed E-state index contributed by atoms with van der Waals surface area (Å²) in [6.45, 7) is 1.64. The molecule has 2 aliphatic rings. The van der Waals surface area contributed by atoms with Gasteiger partial charge in [0.05, 0.1) is 10.5 Å². The van der Waals surface area contributed by atoms with E-state index in [4.69, 9.17) is 4.74 Å². The van der Waals surface area contributed by atoms with Gasteiger partial charge >= 0.3 is 12.0 Å². The maximum absolute atomic E-state index is 12.9. The predicted molar refractivity (Wildman–Crippen MR) is 117 cm³/mol. The molecule has 0 radical (unpaired) electrons. The first-order chi connectivity index (χ1) is 15.7. The highest BCUT2D eigenvalue weighted by molar-refractivity contribution is 7.89. The number of nitrogens with zero attached hydrogens (tertiary/aromatic N) is 2. The van der Waals surface area contributed by atoms with E-state index in [1.807, 2.05) is 0 Å². The Morgan fingerprint density at radius 3 is 2.36 bits per heavy atom. The van der Waals surface area contributed by atoms with E-state index >= 15 is 0 Å². The number of esters is 1. The topological polar surface area (TPSA) is 142 Å². The van der Waals surface area contributed by atoms with Gasteiger partial charge in [0.2, 0.25) is 15.9 Å². The van der Waals surface area contributed by atoms with E-state index in [2.05, 4.69) is 10.6 Å². The van der Waals surface area contributed by atoms with Gasteiger partial charge in [-0.15, -0.1) is 0 Å². The fourth-order valence-electron chi connectivity index (χ4n) is 3.84. The Bertz CT molecular complexity index is 1010. The van der Waals surface area contributed by atoms with Crippen molar-refractivity contribution in [1.29, 1.82) is 0 Å². The Balaban J connectivity index is 1.54. The highest BCUT2D eigenvalue weighted by Crippen LogP contribution is 2.20. The van der Waals surface area contributed by atoms with Crippen LogP contribution < -0.4 is 10.6 Å². The van der Waals surface area contributed by atoms with E-state index in [0.717, 1.165) is 25.7 Å². The van der Waals surface area contributed by atoms with E-state index in [0.29, 0.717) is 13.1 Å². The Kier molecular flexibility index (Phi) is 8.03. The average molecular weight is 481 g/mol. The summed E-state index contributed by atoms with van der Waals surface area (Å²) in [5, 5.41) is 4.80. The Morgan fingerprint density at radius 1 is 1.06 bits per heavy atom. The van der Waals surface area contributed by atoms with Gasteiger partial charge in [-0.05, 0) is 31.0 Å². The fourth-order valence-corrected chi connectivity index (χ4v) is 5.31. The number of hydrogen-bond donors (Lipinski definition) is 2. The average Bonchev–Trinajstić information content (AvgIpc) is 3.30. The lowest BCUT2D eigenvalue weighted by molar-refractivity contribution is -0.130. The molecule has 0 atom stereocenters. The lowest BCUT2D eigenvalue weighted by Gasteiger charge is -2.33. The van der Waals surface area contributed by atoms with Gasteiger partial charge in [-0.3, -0.25) is 14.9 Å². The third kappa shape index (κ3) is 6.51. The van der Waals surface area contributed by atoms with Gasteiger partial charge < -0.3 is 15.0 Å². The Hall–Kier alpha value is -2.99. The number of urea groups is 1. The van der Waals surface area contributed by atoms with Gasteiger partial charge in [-0.2, -0.15) is 4.31 Å². The lowest BCUT2D eigenvalue weighted by Crippen LogP contribution is -2.49. The Morgan fingerprint density at radius 2 is 1.73 bits per heavy atom. The zero-order valence-corrected chi connectivity index (χ0v) is 19.2. The zero-order chi connectivity index (χ0) is 24.0. The monoisotopic (exact) mass is 480 g/mol. The predicted octanol–water partition coefficient (Wildman–Crippen LogP) is 0.465. The minimum absolute atomic E-state index is 0.0375.